The summed E-state index contributed by atoms with van der Waals surface area (Å²) in [6.45, 7) is 18.5. The molecule has 8 N–H and O–H groups in total. The number of carboxylic acids is 1. The van der Waals surface area contributed by atoms with Crippen LogP contribution in [0.5, 0.6) is 0 Å². The van der Waals surface area contributed by atoms with Gasteiger partial charge in [-0.15, -0.1) is 10.2 Å². The number of carboxylic acid groups (broad SMARTS) is 1. The van der Waals surface area contributed by atoms with Gasteiger partial charge in [0.1, 0.15) is 31.0 Å². The molecule has 3 aliphatic heterocycles. The zero-order chi connectivity index (χ0) is 68.4. The molecule has 7 amide bonds. The van der Waals surface area contributed by atoms with Gasteiger partial charge in [0.05, 0.1) is 61.5 Å². The van der Waals surface area contributed by atoms with E-state index in [1.165, 1.54) is 12.2 Å². The summed E-state index contributed by atoms with van der Waals surface area (Å²) < 4.78 is 17.0. The maximum absolute atomic E-state index is 14.0. The molecule has 97 heavy (non-hydrogen) atoms. The lowest BCUT2D eigenvalue weighted by Gasteiger charge is -2.69. The van der Waals surface area contributed by atoms with Crippen molar-refractivity contribution in [2.45, 2.75) is 156 Å². The van der Waals surface area contributed by atoms with Crippen LogP contribution in [0.1, 0.15) is 138 Å². The average Bonchev–Trinajstić information content (AvgIpc) is 1.49. The number of quaternary nitrogens is 1. The van der Waals surface area contributed by atoms with Crippen LogP contribution in [0.4, 0.5) is 33.1 Å². The first-order valence-corrected chi connectivity index (χ1v) is 34.9. The first-order chi connectivity index (χ1) is 46.4. The van der Waals surface area contributed by atoms with E-state index in [0.29, 0.717) is 54.8 Å². The number of carbonyl (C=O) groups is 7. The lowest BCUT2D eigenvalue weighted by Crippen LogP contribution is -2.64. The van der Waals surface area contributed by atoms with Gasteiger partial charge in [0.2, 0.25) is 17.7 Å². The maximum atomic E-state index is 14.0. The zero-order valence-electron chi connectivity index (χ0n) is 56.3. The second kappa shape index (κ2) is 28.0. The molecule has 1 saturated heterocycles. The second-order valence-corrected chi connectivity index (χ2v) is 30.1. The van der Waals surface area contributed by atoms with Crippen LogP contribution in [-0.4, -0.2) is 163 Å². The summed E-state index contributed by atoms with van der Waals surface area (Å²) in [6, 6.07) is 16.9. The van der Waals surface area contributed by atoms with Crippen LogP contribution in [0.3, 0.4) is 0 Å². The Balaban J connectivity index is 0.670. The van der Waals surface area contributed by atoms with E-state index in [1.54, 1.807) is 25.2 Å². The summed E-state index contributed by atoms with van der Waals surface area (Å²) >= 11 is 1.56. The molecule has 7 heterocycles. The van der Waals surface area contributed by atoms with Gasteiger partial charge in [0, 0.05) is 90.2 Å². The molecule has 4 saturated carbocycles. The van der Waals surface area contributed by atoms with E-state index in [9.17, 15) is 38.7 Å². The minimum Gasteiger partial charge on any atom is -0.476 e. The van der Waals surface area contributed by atoms with E-state index in [1.807, 2.05) is 85.6 Å². The summed E-state index contributed by atoms with van der Waals surface area (Å²) in [4.78, 5) is 102. The third-order valence-corrected chi connectivity index (χ3v) is 21.7. The summed E-state index contributed by atoms with van der Waals surface area (Å²) in [5.74, 6) is -1.97. The molecule has 2 unspecified atom stereocenters. The lowest BCUT2D eigenvalue weighted by atomic mass is 9.39. The number of urea groups is 1. The number of anilines is 5. The molecule has 26 heteroatoms. The van der Waals surface area contributed by atoms with Crippen molar-refractivity contribution in [1.82, 2.24) is 50.8 Å². The summed E-state index contributed by atoms with van der Waals surface area (Å²) in [5.41, 5.74) is 11.8. The molecular weight excluding hydrogens is 1250 g/mol. The predicted octanol–water partition coefficient (Wildman–Crippen LogP) is 8.78. The number of imide groups is 1. The van der Waals surface area contributed by atoms with E-state index in [-0.39, 0.29) is 72.6 Å². The van der Waals surface area contributed by atoms with Crippen molar-refractivity contribution >= 4 is 91.4 Å². The SMILES string of the molecule is Cc1c(Nc2nc3ccccc3s2)nnc2c1CCCN2c1ccc(-c2cnn(CC34CC5(OCC[N+]6(Cc7ccc(NC(=O)[C@H](CCCNC(N)=O)NC(=O)[C@@H](NC(=O)CCOCCN8C(=O)C=CC8=O)C(C)C)cc7)CCCC6)C[C@](C)(C3)C[C@](C)(C4)C5)c2C)c(C(=O)O)n1. The number of thiazole rings is 1. The summed E-state index contributed by atoms with van der Waals surface area (Å²) in [5, 5.41) is 40.4. The van der Waals surface area contributed by atoms with Crippen molar-refractivity contribution < 1.29 is 52.6 Å². The molecule has 25 nitrogen and oxygen atoms in total. The quantitative estimate of drug-likeness (QED) is 0.0131. The van der Waals surface area contributed by atoms with Crippen LogP contribution >= 0.6 is 11.3 Å². The summed E-state index contributed by atoms with van der Waals surface area (Å²) in [7, 11) is 0. The fraction of sp³-hybridized carbons (Fsp3) is 0.521. The first kappa shape index (κ1) is 68.2. The first-order valence-electron chi connectivity index (χ1n) is 34.1. The Bertz CT molecular complexity index is 3960. The Kier molecular flexibility index (Phi) is 19.7. The van der Waals surface area contributed by atoms with Crippen molar-refractivity contribution in [2.75, 3.05) is 74.6 Å². The van der Waals surface area contributed by atoms with E-state index < -0.39 is 53.6 Å². The van der Waals surface area contributed by atoms with Gasteiger partial charge in [0.15, 0.2) is 22.5 Å². The van der Waals surface area contributed by atoms with Crippen molar-refractivity contribution in [1.29, 1.82) is 0 Å². The number of hydrogen-bond donors (Lipinski definition) is 7. The number of rotatable bonds is 29. The number of ether oxygens (including phenoxy) is 2. The fourth-order valence-electron chi connectivity index (χ4n) is 17.4. The number of aromatic nitrogens is 6. The maximum Gasteiger partial charge on any atom is 0.355 e. The number of aromatic carboxylic acids is 1. The number of para-hydroxylation sites is 1. The van der Waals surface area contributed by atoms with Gasteiger partial charge >= 0.3 is 12.0 Å². The minimum atomic E-state index is -1.12. The van der Waals surface area contributed by atoms with E-state index >= 15 is 0 Å². The summed E-state index contributed by atoms with van der Waals surface area (Å²) in [6.07, 6.45) is 14.7. The molecule has 4 bridgehead atoms. The Morgan fingerprint density at radius 3 is 2.28 bits per heavy atom. The standard InChI is InChI=1S/C71H89N15O10S/c1-44(2)59(79-56(87)25-32-95-33-28-84-57(88)23-24-58(84)89)64(91)76-53(15-11-26-73-66(72)94)63(90)75-48-19-17-47(18-20-48)36-86(29-9-10-30-86)31-34-96-71-40-68(5)37-69(6,41-71)39-70(38-68,42-71)43-85-46(4)51(35-74-85)50-21-22-55(78-60(50)65(92)93)83-27-12-13-49-45(3)61(81-82-62(49)83)80-67-77-52-14-7-8-16-54(52)97-67/h7-8,14,16-24,35,44,53,59H,9-13,15,25-34,36-43H2,1-6H3,(H7-,72,73,75,76,77,79,80,81,87,90,91,92,93,94)/p+1/t53-,59-,68-,69+,70?,71?/m0/s1. The Morgan fingerprint density at radius 1 is 0.825 bits per heavy atom. The predicted molar refractivity (Wildman–Crippen MR) is 367 cm³/mol. The third kappa shape index (κ3) is 15.2. The van der Waals surface area contributed by atoms with Gasteiger partial charge in [-0.1, -0.05) is 63.3 Å². The number of fused-ring (bicyclic) bond motifs is 2. The number of carbonyl (C=O) groups excluding carboxylic acids is 6. The average molecular weight is 1350 g/mol. The molecule has 6 aromatic rings. The molecule has 4 aliphatic carbocycles. The monoisotopic (exact) mass is 1340 g/mol. The fourth-order valence-corrected chi connectivity index (χ4v) is 18.3. The molecule has 7 aliphatic rings. The Labute approximate surface area is 568 Å². The largest absolute Gasteiger partial charge is 0.476 e. The van der Waals surface area contributed by atoms with Crippen LogP contribution < -0.4 is 37.2 Å². The number of pyridine rings is 1. The van der Waals surface area contributed by atoms with Crippen LogP contribution in [0.15, 0.2) is 79.0 Å². The van der Waals surface area contributed by atoms with Gasteiger partial charge in [-0.3, -0.25) is 33.6 Å². The van der Waals surface area contributed by atoms with Crippen LogP contribution in [-0.2, 0) is 53.0 Å². The molecule has 5 fully saturated rings. The molecule has 0 radical (unpaired) electrons. The second-order valence-electron chi connectivity index (χ2n) is 29.1. The highest BCUT2D eigenvalue weighted by molar-refractivity contribution is 7.22. The Morgan fingerprint density at radius 2 is 1.57 bits per heavy atom. The van der Waals surface area contributed by atoms with Gasteiger partial charge in [-0.25, -0.2) is 19.6 Å². The van der Waals surface area contributed by atoms with Gasteiger partial charge < -0.3 is 56.3 Å². The highest BCUT2D eigenvalue weighted by Gasteiger charge is 2.66. The number of nitrogens with one attached hydrogen (secondary N) is 5. The molecule has 13 rings (SSSR count). The third-order valence-electron chi connectivity index (χ3n) is 20.7. The number of nitrogens with zero attached hydrogens (tertiary/aromatic N) is 9. The normalized spacial score (nSPS) is 22.8. The number of hydrogen-bond acceptors (Lipinski definition) is 17. The van der Waals surface area contributed by atoms with Crippen molar-refractivity contribution in [3.8, 4) is 11.1 Å². The van der Waals surface area contributed by atoms with E-state index in [0.717, 1.165) is 143 Å². The minimum absolute atomic E-state index is 0.00688. The lowest BCUT2D eigenvalue weighted by molar-refractivity contribution is -0.930. The van der Waals surface area contributed by atoms with Crippen molar-refractivity contribution in [3.05, 3.63) is 107 Å². The van der Waals surface area contributed by atoms with E-state index in [2.05, 4.69) is 50.2 Å². The number of nitrogens with two attached hydrogens (primary N) is 1. The number of benzene rings is 2. The van der Waals surface area contributed by atoms with Crippen LogP contribution in [0.2, 0.25) is 0 Å². The van der Waals surface area contributed by atoms with Gasteiger partial charge in [-0.05, 0) is 137 Å². The highest BCUT2D eigenvalue weighted by atomic mass is 32.1. The van der Waals surface area contributed by atoms with E-state index in [4.69, 9.17) is 35.4 Å². The molecular formula is C71H90N15O10S+. The molecule has 4 aromatic heterocycles. The molecule has 0 spiro atoms. The zero-order valence-corrected chi connectivity index (χ0v) is 57.2. The smallest absolute Gasteiger partial charge is 0.355 e. The topological polar surface area (TPSA) is 320 Å². The molecule has 6 atom stereocenters. The molecule has 514 valence electrons. The van der Waals surface area contributed by atoms with Crippen molar-refractivity contribution in [2.24, 2.45) is 27.9 Å². The van der Waals surface area contributed by atoms with Gasteiger partial charge in [-0.2, -0.15) is 5.10 Å². The Hall–Kier alpha value is -8.72. The molecule has 2 aromatic carbocycles. The number of amides is 7. The number of primary amides is 1. The van der Waals surface area contributed by atoms with Crippen LogP contribution in [0.25, 0.3) is 21.3 Å². The van der Waals surface area contributed by atoms with Crippen molar-refractivity contribution in [3.63, 3.8) is 0 Å². The van der Waals surface area contributed by atoms with Gasteiger partial charge in [0.25, 0.3) is 11.8 Å². The highest BCUT2D eigenvalue weighted by Crippen LogP contribution is 2.72. The number of likely N-dealkylation sites (tertiary alicyclic amines) is 1. The van der Waals surface area contributed by atoms with Crippen LogP contribution in [0, 0.1) is 36.0 Å².